The van der Waals surface area contributed by atoms with Gasteiger partial charge >= 0.3 is 17.9 Å². The molecule has 76 heavy (non-hydrogen) atoms. The average Bonchev–Trinajstić information content (AvgIpc) is 3.42. The first-order valence-corrected chi connectivity index (χ1v) is 33.6. The Labute approximate surface area is 473 Å². The van der Waals surface area contributed by atoms with Gasteiger partial charge in [0.2, 0.25) is 0 Å². The number of ether oxygens (including phenoxy) is 3. The molecule has 0 rings (SSSR count). The zero-order chi connectivity index (χ0) is 55.0. The van der Waals surface area contributed by atoms with E-state index in [1.54, 1.807) is 0 Å². The first-order valence-electron chi connectivity index (χ1n) is 33.6. The molecule has 0 aliphatic carbocycles. The normalized spacial score (nSPS) is 12.3. The number of rotatable bonds is 62. The van der Waals surface area contributed by atoms with Crippen molar-refractivity contribution in [1.82, 2.24) is 0 Å². The Bertz CT molecular complexity index is 1310. The molecule has 0 spiro atoms. The highest BCUT2D eigenvalue weighted by Crippen LogP contribution is 2.18. The maximum atomic E-state index is 12.9. The highest BCUT2D eigenvalue weighted by atomic mass is 16.6. The number of esters is 3. The smallest absolute Gasteiger partial charge is 0.306 e. The van der Waals surface area contributed by atoms with Gasteiger partial charge in [0.1, 0.15) is 13.2 Å². The molecule has 0 aliphatic heterocycles. The van der Waals surface area contributed by atoms with Gasteiger partial charge in [-0.2, -0.15) is 0 Å². The highest BCUT2D eigenvalue weighted by molar-refractivity contribution is 5.71. The van der Waals surface area contributed by atoms with Crippen molar-refractivity contribution in [2.24, 2.45) is 0 Å². The summed E-state index contributed by atoms with van der Waals surface area (Å²) in [6.07, 6.45) is 81.2. The molecule has 0 radical (unpaired) electrons. The van der Waals surface area contributed by atoms with Crippen LogP contribution in [0, 0.1) is 0 Å². The van der Waals surface area contributed by atoms with Gasteiger partial charge in [-0.1, -0.05) is 333 Å². The van der Waals surface area contributed by atoms with Crippen LogP contribution in [0.4, 0.5) is 0 Å². The van der Waals surface area contributed by atoms with Crippen LogP contribution in [0.3, 0.4) is 0 Å². The molecule has 0 aromatic rings. The topological polar surface area (TPSA) is 78.9 Å². The maximum Gasteiger partial charge on any atom is 0.306 e. The van der Waals surface area contributed by atoms with Crippen LogP contribution in [-0.2, 0) is 28.6 Å². The zero-order valence-electron chi connectivity index (χ0n) is 51.0. The van der Waals surface area contributed by atoms with E-state index in [0.717, 1.165) is 96.3 Å². The summed E-state index contributed by atoms with van der Waals surface area (Å²) in [4.78, 5) is 38.4. The third-order valence-electron chi connectivity index (χ3n) is 15.1. The molecule has 6 heteroatoms. The summed E-state index contributed by atoms with van der Waals surface area (Å²) in [5, 5.41) is 0. The lowest BCUT2D eigenvalue weighted by atomic mass is 10.0. The molecule has 1 unspecified atom stereocenters. The van der Waals surface area contributed by atoms with E-state index in [0.29, 0.717) is 19.3 Å². The SMILES string of the molecule is CC/C=C\C/C=C\C/C=C\C/C=C\CCCCCCCCC(=O)OC(COC(=O)CCCCCCCCCCCCCCCCCCC)COC(=O)CCCCCCCCCCCCCCCCCCCCCCCC. The Kier molecular flexibility index (Phi) is 62.6. The first kappa shape index (κ1) is 73.4. The van der Waals surface area contributed by atoms with Crippen molar-refractivity contribution < 1.29 is 28.6 Å². The van der Waals surface area contributed by atoms with Crippen LogP contribution in [0.2, 0.25) is 0 Å². The average molecular weight is 1070 g/mol. The lowest BCUT2D eigenvalue weighted by Gasteiger charge is -2.18. The lowest BCUT2D eigenvalue weighted by molar-refractivity contribution is -0.167. The second-order valence-electron chi connectivity index (χ2n) is 22.7. The van der Waals surface area contributed by atoms with Gasteiger partial charge in [0, 0.05) is 19.3 Å². The van der Waals surface area contributed by atoms with Crippen molar-refractivity contribution >= 4 is 17.9 Å². The standard InChI is InChI=1S/C70H128O6/c1-4-7-10-13-16-19-22-25-28-31-33-34-35-37-39-42-45-48-51-54-57-60-63-69(72)75-66-67(65-74-68(71)62-59-56-53-50-47-44-41-38-30-27-24-21-18-15-12-9-6-3)76-70(73)64-61-58-55-52-49-46-43-40-36-32-29-26-23-20-17-14-11-8-5-2/h8,11,17,20,26,29,36,40,67H,4-7,9-10,12-16,18-19,21-25,27-28,30-35,37-39,41-66H2,1-3H3/b11-8-,20-17-,29-26-,40-36-. The molecular formula is C70H128O6. The molecule has 444 valence electrons. The van der Waals surface area contributed by atoms with Crippen molar-refractivity contribution in [3.05, 3.63) is 48.6 Å². The van der Waals surface area contributed by atoms with E-state index >= 15 is 0 Å². The molecule has 0 heterocycles. The molecule has 1 atom stereocenters. The Morgan fingerprint density at radius 1 is 0.276 bits per heavy atom. The Balaban J connectivity index is 4.33. The van der Waals surface area contributed by atoms with Gasteiger partial charge in [0.05, 0.1) is 0 Å². The Hall–Kier alpha value is -2.63. The number of unbranched alkanes of at least 4 members (excludes halogenated alkanes) is 43. The van der Waals surface area contributed by atoms with E-state index in [2.05, 4.69) is 69.4 Å². The third kappa shape index (κ3) is 62.2. The minimum atomic E-state index is -0.779. The fourth-order valence-corrected chi connectivity index (χ4v) is 10.1. The van der Waals surface area contributed by atoms with Gasteiger partial charge in [0.15, 0.2) is 6.10 Å². The quantitative estimate of drug-likeness (QED) is 0.0261. The fraction of sp³-hybridized carbons (Fsp3) is 0.843. The van der Waals surface area contributed by atoms with Crippen LogP contribution in [-0.4, -0.2) is 37.2 Å². The van der Waals surface area contributed by atoms with Gasteiger partial charge in [-0.15, -0.1) is 0 Å². The molecule has 0 aromatic heterocycles. The molecule has 0 aliphatic rings. The van der Waals surface area contributed by atoms with Crippen molar-refractivity contribution in [2.75, 3.05) is 13.2 Å². The Morgan fingerprint density at radius 2 is 0.513 bits per heavy atom. The van der Waals surface area contributed by atoms with E-state index in [-0.39, 0.29) is 31.1 Å². The third-order valence-corrected chi connectivity index (χ3v) is 15.1. The van der Waals surface area contributed by atoms with E-state index in [1.165, 1.54) is 225 Å². The summed E-state index contributed by atoms with van der Waals surface area (Å²) in [5.41, 5.74) is 0. The molecule has 6 nitrogen and oxygen atoms in total. The predicted octanol–water partition coefficient (Wildman–Crippen LogP) is 22.9. The largest absolute Gasteiger partial charge is 0.462 e. The molecule has 0 bridgehead atoms. The van der Waals surface area contributed by atoms with E-state index in [1.807, 2.05) is 0 Å². The minimum absolute atomic E-state index is 0.0738. The van der Waals surface area contributed by atoms with Gasteiger partial charge in [-0.3, -0.25) is 14.4 Å². The number of carbonyl (C=O) groups is 3. The van der Waals surface area contributed by atoms with Crippen LogP contribution in [0.25, 0.3) is 0 Å². The van der Waals surface area contributed by atoms with Gasteiger partial charge in [-0.05, 0) is 57.8 Å². The summed E-state index contributed by atoms with van der Waals surface area (Å²) in [5.74, 6) is -0.861. The summed E-state index contributed by atoms with van der Waals surface area (Å²) in [6, 6.07) is 0. The van der Waals surface area contributed by atoms with Crippen LogP contribution < -0.4 is 0 Å². The number of hydrogen-bond acceptors (Lipinski definition) is 6. The van der Waals surface area contributed by atoms with Crippen LogP contribution >= 0.6 is 0 Å². The summed E-state index contributed by atoms with van der Waals surface area (Å²) in [7, 11) is 0. The Morgan fingerprint density at radius 3 is 0.803 bits per heavy atom. The summed E-state index contributed by atoms with van der Waals surface area (Å²) in [6.45, 7) is 6.59. The summed E-state index contributed by atoms with van der Waals surface area (Å²) < 4.78 is 17.0. The molecular weight excluding hydrogens is 937 g/mol. The monoisotopic (exact) mass is 1060 g/mol. The van der Waals surface area contributed by atoms with Gasteiger partial charge in [-0.25, -0.2) is 0 Å². The van der Waals surface area contributed by atoms with Crippen LogP contribution in [0.15, 0.2) is 48.6 Å². The minimum Gasteiger partial charge on any atom is -0.462 e. The first-order chi connectivity index (χ1) is 37.5. The second kappa shape index (κ2) is 64.9. The molecule has 0 N–H and O–H groups in total. The summed E-state index contributed by atoms with van der Waals surface area (Å²) >= 11 is 0. The molecule has 0 saturated carbocycles. The van der Waals surface area contributed by atoms with E-state index in [9.17, 15) is 14.4 Å². The molecule has 0 fully saturated rings. The maximum absolute atomic E-state index is 12.9. The van der Waals surface area contributed by atoms with Crippen molar-refractivity contribution in [1.29, 1.82) is 0 Å². The molecule has 0 amide bonds. The van der Waals surface area contributed by atoms with Crippen molar-refractivity contribution in [3.8, 4) is 0 Å². The predicted molar refractivity (Wildman–Crippen MR) is 330 cm³/mol. The van der Waals surface area contributed by atoms with Crippen LogP contribution in [0.1, 0.15) is 361 Å². The number of hydrogen-bond donors (Lipinski definition) is 0. The van der Waals surface area contributed by atoms with Crippen molar-refractivity contribution in [2.45, 2.75) is 367 Å². The lowest BCUT2D eigenvalue weighted by Crippen LogP contribution is -2.30. The molecule has 0 aromatic carbocycles. The number of allylic oxidation sites excluding steroid dienone is 8. The van der Waals surface area contributed by atoms with E-state index in [4.69, 9.17) is 14.2 Å². The van der Waals surface area contributed by atoms with Crippen LogP contribution in [0.5, 0.6) is 0 Å². The van der Waals surface area contributed by atoms with Gasteiger partial charge in [0.25, 0.3) is 0 Å². The highest BCUT2D eigenvalue weighted by Gasteiger charge is 2.19. The number of carbonyl (C=O) groups excluding carboxylic acids is 3. The van der Waals surface area contributed by atoms with Gasteiger partial charge < -0.3 is 14.2 Å². The second-order valence-corrected chi connectivity index (χ2v) is 22.7. The fourth-order valence-electron chi connectivity index (χ4n) is 10.1. The molecule has 0 saturated heterocycles. The van der Waals surface area contributed by atoms with Crippen molar-refractivity contribution in [3.63, 3.8) is 0 Å². The van der Waals surface area contributed by atoms with E-state index < -0.39 is 6.10 Å². The zero-order valence-corrected chi connectivity index (χ0v) is 51.0.